The molecule has 3 aromatic heterocycles. The molecular formula is C29H27N5O6. The van der Waals surface area contributed by atoms with Gasteiger partial charge in [-0.2, -0.15) is 5.10 Å². The van der Waals surface area contributed by atoms with Crippen LogP contribution in [-0.2, 0) is 0 Å². The molecule has 1 amide bonds. The second-order valence-electron chi connectivity index (χ2n) is 8.39. The lowest BCUT2D eigenvalue weighted by Crippen LogP contribution is -2.15. The van der Waals surface area contributed by atoms with Crippen LogP contribution in [0.1, 0.15) is 17.4 Å². The van der Waals surface area contributed by atoms with Gasteiger partial charge in [-0.1, -0.05) is 0 Å². The number of fused-ring (bicyclic) bond motifs is 1. The van der Waals surface area contributed by atoms with Crippen LogP contribution in [0.2, 0.25) is 0 Å². The first-order chi connectivity index (χ1) is 19.5. The molecule has 0 bridgehead atoms. The fourth-order valence-corrected chi connectivity index (χ4v) is 4.00. The van der Waals surface area contributed by atoms with E-state index in [1.54, 1.807) is 68.7 Å². The topological polar surface area (TPSA) is 119 Å². The average Bonchev–Trinajstić information content (AvgIpc) is 3.42. The Morgan fingerprint density at radius 3 is 2.27 bits per heavy atom. The van der Waals surface area contributed by atoms with Crippen molar-refractivity contribution in [2.75, 3.05) is 33.3 Å². The SMILES string of the molecule is CCOc1cn(-c2ccc(OC)cc2)nc1C(=O)Nc1ccc(Oc2ccnc3cc(OC)c(OC)cc23)cn1. The predicted octanol–water partition coefficient (Wildman–Crippen LogP) is 5.28. The highest BCUT2D eigenvalue weighted by Crippen LogP contribution is 2.36. The van der Waals surface area contributed by atoms with Crippen molar-refractivity contribution in [1.82, 2.24) is 19.7 Å². The number of carbonyl (C=O) groups is 1. The summed E-state index contributed by atoms with van der Waals surface area (Å²) in [5.74, 6) is 3.10. The lowest BCUT2D eigenvalue weighted by molar-refractivity contribution is 0.101. The third kappa shape index (κ3) is 5.44. The van der Waals surface area contributed by atoms with E-state index >= 15 is 0 Å². The molecule has 0 aliphatic heterocycles. The largest absolute Gasteiger partial charge is 0.497 e. The minimum Gasteiger partial charge on any atom is -0.497 e. The molecule has 11 heteroatoms. The molecule has 204 valence electrons. The lowest BCUT2D eigenvalue weighted by Gasteiger charge is -2.12. The van der Waals surface area contributed by atoms with Crippen LogP contribution >= 0.6 is 0 Å². The lowest BCUT2D eigenvalue weighted by atomic mass is 10.2. The molecule has 5 rings (SSSR count). The Labute approximate surface area is 230 Å². The molecule has 0 saturated heterocycles. The van der Waals surface area contributed by atoms with Gasteiger partial charge in [0.1, 0.15) is 23.1 Å². The predicted molar refractivity (Wildman–Crippen MR) is 148 cm³/mol. The van der Waals surface area contributed by atoms with Crippen LogP contribution in [0.3, 0.4) is 0 Å². The summed E-state index contributed by atoms with van der Waals surface area (Å²) in [6, 6.07) is 16.0. The van der Waals surface area contributed by atoms with Gasteiger partial charge in [-0.05, 0) is 55.5 Å². The van der Waals surface area contributed by atoms with Gasteiger partial charge in [0.15, 0.2) is 22.9 Å². The zero-order chi connectivity index (χ0) is 28.1. The molecule has 40 heavy (non-hydrogen) atoms. The summed E-state index contributed by atoms with van der Waals surface area (Å²) in [6.07, 6.45) is 4.82. The molecule has 0 fully saturated rings. The maximum atomic E-state index is 13.1. The molecule has 0 radical (unpaired) electrons. The first kappa shape index (κ1) is 26.3. The smallest absolute Gasteiger partial charge is 0.281 e. The summed E-state index contributed by atoms with van der Waals surface area (Å²) < 4.78 is 29.3. The standard InChI is InChI=1S/C29H27N5O6/c1-5-39-26-17-34(18-6-8-19(36-2)9-7-18)33-28(26)29(35)32-27-11-10-20(16-31-27)40-23-12-13-30-22-15-25(38-4)24(37-3)14-21(22)23/h6-17H,5H2,1-4H3,(H,31,32,35). The zero-order valence-electron chi connectivity index (χ0n) is 22.4. The summed E-state index contributed by atoms with van der Waals surface area (Å²) in [5.41, 5.74) is 1.57. The van der Waals surface area contributed by atoms with Gasteiger partial charge in [0, 0.05) is 17.6 Å². The quantitative estimate of drug-likeness (QED) is 0.252. The minimum atomic E-state index is -0.460. The van der Waals surface area contributed by atoms with Crippen LogP contribution in [-0.4, -0.2) is 53.6 Å². The van der Waals surface area contributed by atoms with Crippen molar-refractivity contribution in [3.63, 3.8) is 0 Å². The molecular weight excluding hydrogens is 514 g/mol. The van der Waals surface area contributed by atoms with Crippen LogP contribution in [0.25, 0.3) is 16.6 Å². The van der Waals surface area contributed by atoms with E-state index in [9.17, 15) is 4.79 Å². The monoisotopic (exact) mass is 541 g/mol. The first-order valence-corrected chi connectivity index (χ1v) is 12.4. The van der Waals surface area contributed by atoms with Gasteiger partial charge in [-0.15, -0.1) is 0 Å². The van der Waals surface area contributed by atoms with Crippen molar-refractivity contribution >= 4 is 22.6 Å². The van der Waals surface area contributed by atoms with Crippen molar-refractivity contribution in [3.05, 3.63) is 78.9 Å². The van der Waals surface area contributed by atoms with Crippen molar-refractivity contribution in [2.45, 2.75) is 6.92 Å². The maximum Gasteiger partial charge on any atom is 0.281 e. The number of rotatable bonds is 10. The number of amides is 1. The van der Waals surface area contributed by atoms with E-state index in [0.717, 1.165) is 16.8 Å². The number of ether oxygens (including phenoxy) is 5. The van der Waals surface area contributed by atoms with E-state index in [4.69, 9.17) is 23.7 Å². The molecule has 0 aliphatic carbocycles. The number of aromatic nitrogens is 4. The van der Waals surface area contributed by atoms with Crippen molar-refractivity contribution < 1.29 is 28.5 Å². The van der Waals surface area contributed by atoms with Crippen LogP contribution < -0.4 is 29.0 Å². The van der Waals surface area contributed by atoms with E-state index < -0.39 is 5.91 Å². The Morgan fingerprint density at radius 2 is 1.60 bits per heavy atom. The van der Waals surface area contributed by atoms with Crippen LogP contribution in [0.5, 0.6) is 34.5 Å². The molecule has 2 aromatic carbocycles. The number of anilines is 1. The molecule has 0 saturated carbocycles. The van der Waals surface area contributed by atoms with Gasteiger partial charge in [0.2, 0.25) is 0 Å². The highest BCUT2D eigenvalue weighted by Gasteiger charge is 2.20. The second kappa shape index (κ2) is 11.6. The number of nitrogens with zero attached hydrogens (tertiary/aromatic N) is 4. The molecule has 0 spiro atoms. The summed E-state index contributed by atoms with van der Waals surface area (Å²) in [7, 11) is 4.74. The Hall–Kier alpha value is -5.32. The van der Waals surface area contributed by atoms with Crippen molar-refractivity contribution in [1.29, 1.82) is 0 Å². The number of hydrogen-bond donors (Lipinski definition) is 1. The summed E-state index contributed by atoms with van der Waals surface area (Å²) >= 11 is 0. The first-order valence-electron chi connectivity index (χ1n) is 12.4. The Kier molecular flexibility index (Phi) is 7.63. The van der Waals surface area contributed by atoms with Crippen LogP contribution in [0, 0.1) is 0 Å². The zero-order valence-corrected chi connectivity index (χ0v) is 22.4. The van der Waals surface area contributed by atoms with Crippen LogP contribution in [0.4, 0.5) is 5.82 Å². The van der Waals surface area contributed by atoms with Gasteiger partial charge in [0.05, 0.1) is 51.5 Å². The molecule has 11 nitrogen and oxygen atoms in total. The van der Waals surface area contributed by atoms with Crippen LogP contribution in [0.15, 0.2) is 73.2 Å². The number of methoxy groups -OCH3 is 3. The molecule has 0 aliphatic rings. The highest BCUT2D eigenvalue weighted by molar-refractivity contribution is 6.04. The van der Waals surface area contributed by atoms with Gasteiger partial charge in [0.25, 0.3) is 5.91 Å². The fourth-order valence-electron chi connectivity index (χ4n) is 4.00. The van der Waals surface area contributed by atoms with Gasteiger partial charge < -0.3 is 29.0 Å². The van der Waals surface area contributed by atoms with Crippen molar-refractivity contribution in [2.24, 2.45) is 0 Å². The minimum absolute atomic E-state index is 0.132. The Bertz CT molecular complexity index is 1630. The molecule has 5 aromatic rings. The number of carbonyl (C=O) groups excluding carboxylic acids is 1. The van der Waals surface area contributed by atoms with E-state index in [-0.39, 0.29) is 5.69 Å². The maximum absolute atomic E-state index is 13.1. The van der Waals surface area contributed by atoms with Gasteiger partial charge in [-0.3, -0.25) is 9.78 Å². The van der Waals surface area contributed by atoms with Crippen molar-refractivity contribution in [3.8, 4) is 40.2 Å². The summed E-state index contributed by atoms with van der Waals surface area (Å²) in [5, 5.41) is 7.95. The number of nitrogens with one attached hydrogen (secondary N) is 1. The molecule has 0 unspecified atom stereocenters. The van der Waals surface area contributed by atoms with E-state index in [0.29, 0.717) is 46.7 Å². The highest BCUT2D eigenvalue weighted by atomic mass is 16.5. The molecule has 1 N–H and O–H groups in total. The number of benzene rings is 2. The van der Waals surface area contributed by atoms with Gasteiger partial charge in [-0.25, -0.2) is 9.67 Å². The normalized spacial score (nSPS) is 10.7. The van der Waals surface area contributed by atoms with E-state index in [1.165, 1.54) is 6.20 Å². The Balaban J connectivity index is 1.33. The fraction of sp³-hybridized carbons (Fsp3) is 0.172. The number of pyridine rings is 2. The van der Waals surface area contributed by atoms with E-state index in [1.807, 2.05) is 31.2 Å². The number of hydrogen-bond acceptors (Lipinski definition) is 9. The third-order valence-corrected chi connectivity index (χ3v) is 5.95. The average molecular weight is 542 g/mol. The molecule has 3 heterocycles. The third-order valence-electron chi connectivity index (χ3n) is 5.95. The van der Waals surface area contributed by atoms with Gasteiger partial charge >= 0.3 is 0 Å². The molecule has 0 atom stereocenters. The summed E-state index contributed by atoms with van der Waals surface area (Å²) in [6.45, 7) is 2.21. The van der Waals surface area contributed by atoms with E-state index in [2.05, 4.69) is 20.4 Å². The summed E-state index contributed by atoms with van der Waals surface area (Å²) in [4.78, 5) is 21.8. The Morgan fingerprint density at radius 1 is 0.850 bits per heavy atom. The second-order valence-corrected chi connectivity index (χ2v) is 8.39.